The SMILES string of the molecule is CCCCCOc1cccc2cc(C(=O)Nc3ccc(C#N)cc3C(=O)O)n(C)c12. The van der Waals surface area contributed by atoms with Gasteiger partial charge in [-0.2, -0.15) is 5.26 Å². The van der Waals surface area contributed by atoms with E-state index in [4.69, 9.17) is 10.00 Å². The normalized spacial score (nSPS) is 10.6. The lowest BCUT2D eigenvalue weighted by atomic mass is 10.1. The number of unbranched alkanes of at least 4 members (excludes halogenated alkanes) is 2. The number of nitrogens with one attached hydrogen (secondary N) is 1. The zero-order chi connectivity index (χ0) is 21.7. The zero-order valence-corrected chi connectivity index (χ0v) is 16.9. The van der Waals surface area contributed by atoms with Crippen LogP contribution in [-0.2, 0) is 7.05 Å². The maximum absolute atomic E-state index is 12.9. The number of carbonyl (C=O) groups excluding carboxylic acids is 1. The van der Waals surface area contributed by atoms with E-state index in [0.717, 1.165) is 30.2 Å². The number of carbonyl (C=O) groups is 2. The minimum Gasteiger partial charge on any atom is -0.491 e. The second-order valence-corrected chi connectivity index (χ2v) is 6.97. The van der Waals surface area contributed by atoms with Gasteiger partial charge >= 0.3 is 5.97 Å². The van der Waals surface area contributed by atoms with Crippen LogP contribution in [0, 0.1) is 11.3 Å². The highest BCUT2D eigenvalue weighted by atomic mass is 16.5. The Morgan fingerprint density at radius 2 is 2.00 bits per heavy atom. The van der Waals surface area contributed by atoms with Crippen LogP contribution in [-0.4, -0.2) is 28.2 Å². The van der Waals surface area contributed by atoms with Gasteiger partial charge in [0.05, 0.1) is 35.0 Å². The van der Waals surface area contributed by atoms with E-state index in [0.29, 0.717) is 18.1 Å². The van der Waals surface area contributed by atoms with Crippen LogP contribution in [0.25, 0.3) is 10.9 Å². The quantitative estimate of drug-likeness (QED) is 0.534. The molecule has 7 nitrogen and oxygen atoms in total. The maximum Gasteiger partial charge on any atom is 0.337 e. The zero-order valence-electron chi connectivity index (χ0n) is 16.9. The van der Waals surface area contributed by atoms with Gasteiger partial charge in [-0.15, -0.1) is 0 Å². The van der Waals surface area contributed by atoms with E-state index < -0.39 is 11.9 Å². The lowest BCUT2D eigenvalue weighted by molar-refractivity contribution is 0.0698. The second-order valence-electron chi connectivity index (χ2n) is 6.97. The first kappa shape index (κ1) is 20.9. The van der Waals surface area contributed by atoms with Crippen molar-refractivity contribution in [1.29, 1.82) is 5.26 Å². The van der Waals surface area contributed by atoms with E-state index in [2.05, 4.69) is 12.2 Å². The second kappa shape index (κ2) is 9.14. The molecule has 0 aliphatic heterocycles. The Kier molecular flexibility index (Phi) is 6.38. The third-order valence-electron chi connectivity index (χ3n) is 4.88. The number of aryl methyl sites for hydroxylation is 1. The Balaban J connectivity index is 1.90. The van der Waals surface area contributed by atoms with E-state index in [1.165, 1.54) is 18.2 Å². The molecule has 0 saturated carbocycles. The van der Waals surface area contributed by atoms with E-state index in [1.807, 2.05) is 24.3 Å². The number of rotatable bonds is 8. The molecule has 7 heteroatoms. The van der Waals surface area contributed by atoms with Crippen molar-refractivity contribution in [3.05, 3.63) is 59.3 Å². The molecule has 0 bridgehead atoms. The molecule has 0 aliphatic rings. The Morgan fingerprint density at radius 3 is 2.70 bits per heavy atom. The number of amides is 1. The fourth-order valence-electron chi connectivity index (χ4n) is 3.33. The van der Waals surface area contributed by atoms with Crippen molar-refractivity contribution in [2.24, 2.45) is 7.05 Å². The molecular formula is C23H23N3O4. The average molecular weight is 405 g/mol. The smallest absolute Gasteiger partial charge is 0.337 e. The summed E-state index contributed by atoms with van der Waals surface area (Å²) in [6.07, 6.45) is 3.16. The van der Waals surface area contributed by atoms with Crippen LogP contribution in [0.15, 0.2) is 42.5 Å². The Hall–Kier alpha value is -3.79. The van der Waals surface area contributed by atoms with Crippen molar-refractivity contribution in [3.63, 3.8) is 0 Å². The summed E-state index contributed by atoms with van der Waals surface area (Å²) in [7, 11) is 1.77. The van der Waals surface area contributed by atoms with Gasteiger partial charge in [0.25, 0.3) is 5.91 Å². The summed E-state index contributed by atoms with van der Waals surface area (Å²) < 4.78 is 7.67. The van der Waals surface area contributed by atoms with Crippen LogP contribution in [0.4, 0.5) is 5.69 Å². The lowest BCUT2D eigenvalue weighted by Crippen LogP contribution is -2.17. The number of hydrogen-bond donors (Lipinski definition) is 2. The molecule has 0 radical (unpaired) electrons. The van der Waals surface area contributed by atoms with Gasteiger partial charge < -0.3 is 19.7 Å². The van der Waals surface area contributed by atoms with Gasteiger partial charge in [0.1, 0.15) is 11.4 Å². The highest BCUT2D eigenvalue weighted by molar-refractivity contribution is 6.09. The van der Waals surface area contributed by atoms with Crippen LogP contribution >= 0.6 is 0 Å². The van der Waals surface area contributed by atoms with Crippen molar-refractivity contribution in [2.45, 2.75) is 26.2 Å². The lowest BCUT2D eigenvalue weighted by Gasteiger charge is -2.11. The van der Waals surface area contributed by atoms with Gasteiger partial charge in [-0.1, -0.05) is 31.9 Å². The summed E-state index contributed by atoms with van der Waals surface area (Å²) in [6.45, 7) is 2.74. The molecule has 1 heterocycles. The Bertz CT molecular complexity index is 1140. The number of anilines is 1. The molecule has 0 saturated heterocycles. The topological polar surface area (TPSA) is 104 Å². The van der Waals surface area contributed by atoms with Crippen molar-refractivity contribution in [2.75, 3.05) is 11.9 Å². The van der Waals surface area contributed by atoms with E-state index in [1.54, 1.807) is 17.7 Å². The molecule has 154 valence electrons. The van der Waals surface area contributed by atoms with E-state index in [9.17, 15) is 14.7 Å². The molecule has 2 N–H and O–H groups in total. The molecule has 0 atom stereocenters. The van der Waals surface area contributed by atoms with Gasteiger partial charge in [0, 0.05) is 12.4 Å². The standard InChI is InChI=1S/C23H23N3O4/c1-3-4-5-11-30-20-8-6-7-16-13-19(26(2)21(16)20)22(27)25-18-10-9-15(14-24)12-17(18)23(28)29/h6-10,12-13H,3-5,11H2,1-2H3,(H,25,27)(H,28,29). The minimum atomic E-state index is -1.22. The van der Waals surface area contributed by atoms with E-state index >= 15 is 0 Å². The number of nitriles is 1. The Labute approximate surface area is 174 Å². The molecule has 3 rings (SSSR count). The molecule has 2 aromatic carbocycles. The summed E-state index contributed by atoms with van der Waals surface area (Å²) in [5.74, 6) is -0.963. The number of aromatic carboxylic acids is 1. The average Bonchev–Trinajstić information content (AvgIpc) is 3.08. The molecule has 30 heavy (non-hydrogen) atoms. The first-order valence-corrected chi connectivity index (χ1v) is 9.76. The number of nitrogens with zero attached hydrogens (tertiary/aromatic N) is 2. The molecule has 0 unspecified atom stereocenters. The van der Waals surface area contributed by atoms with Crippen molar-refractivity contribution in [3.8, 4) is 11.8 Å². The van der Waals surface area contributed by atoms with Gasteiger partial charge in [0.15, 0.2) is 0 Å². The highest BCUT2D eigenvalue weighted by Crippen LogP contribution is 2.29. The number of benzene rings is 2. The fourth-order valence-corrected chi connectivity index (χ4v) is 3.33. The van der Waals surface area contributed by atoms with Crippen LogP contribution in [0.1, 0.15) is 52.6 Å². The third kappa shape index (κ3) is 4.28. The predicted octanol–water partition coefficient (Wildman–Crippen LogP) is 4.57. The Morgan fingerprint density at radius 1 is 1.20 bits per heavy atom. The van der Waals surface area contributed by atoms with Crippen LogP contribution in [0.5, 0.6) is 5.75 Å². The number of aromatic nitrogens is 1. The molecule has 0 fully saturated rings. The number of carboxylic acids is 1. The summed E-state index contributed by atoms with van der Waals surface area (Å²) in [6, 6.07) is 13.4. The summed E-state index contributed by atoms with van der Waals surface area (Å²) in [4.78, 5) is 24.4. The fraction of sp³-hybridized carbons (Fsp3) is 0.261. The van der Waals surface area contributed by atoms with Crippen molar-refractivity contribution < 1.29 is 19.4 Å². The van der Waals surface area contributed by atoms with Crippen LogP contribution < -0.4 is 10.1 Å². The van der Waals surface area contributed by atoms with Crippen molar-refractivity contribution in [1.82, 2.24) is 4.57 Å². The monoisotopic (exact) mass is 405 g/mol. The number of hydrogen-bond acceptors (Lipinski definition) is 4. The molecule has 0 aliphatic carbocycles. The third-order valence-corrected chi connectivity index (χ3v) is 4.88. The van der Waals surface area contributed by atoms with Gasteiger partial charge in [-0.3, -0.25) is 4.79 Å². The minimum absolute atomic E-state index is 0.132. The molecule has 0 spiro atoms. The predicted molar refractivity (Wildman–Crippen MR) is 114 cm³/mol. The van der Waals surface area contributed by atoms with Crippen molar-refractivity contribution >= 4 is 28.5 Å². The summed E-state index contributed by atoms with van der Waals surface area (Å²) in [5.41, 5.74) is 1.38. The number of ether oxygens (including phenoxy) is 1. The van der Waals surface area contributed by atoms with Gasteiger partial charge in [-0.25, -0.2) is 4.79 Å². The largest absolute Gasteiger partial charge is 0.491 e. The van der Waals surface area contributed by atoms with E-state index in [-0.39, 0.29) is 16.8 Å². The molecule has 1 aromatic heterocycles. The van der Waals surface area contributed by atoms with Crippen LogP contribution in [0.3, 0.4) is 0 Å². The first-order chi connectivity index (χ1) is 14.5. The van der Waals surface area contributed by atoms with Gasteiger partial charge in [0.2, 0.25) is 0 Å². The van der Waals surface area contributed by atoms with Crippen LogP contribution in [0.2, 0.25) is 0 Å². The first-order valence-electron chi connectivity index (χ1n) is 9.76. The molecular weight excluding hydrogens is 382 g/mol. The highest BCUT2D eigenvalue weighted by Gasteiger charge is 2.19. The summed E-state index contributed by atoms with van der Waals surface area (Å²) >= 11 is 0. The molecule has 3 aromatic rings. The maximum atomic E-state index is 12.9. The number of fused-ring (bicyclic) bond motifs is 1. The summed E-state index contributed by atoms with van der Waals surface area (Å²) in [5, 5.41) is 21.9. The van der Waals surface area contributed by atoms with Gasteiger partial charge in [-0.05, 0) is 36.8 Å². The number of para-hydroxylation sites is 1. The molecule has 1 amide bonds. The number of carboxylic acid groups (broad SMARTS) is 1.